The van der Waals surface area contributed by atoms with Crippen LogP contribution in [0.3, 0.4) is 0 Å². The number of Topliss-reactive ketones (excluding diaryl/α,β-unsaturated/α-hetero) is 2. The largest absolute Gasteiger partial charge is 0.497 e. The summed E-state index contributed by atoms with van der Waals surface area (Å²) < 4.78 is 10.8. The van der Waals surface area contributed by atoms with Crippen LogP contribution < -0.4 is 9.47 Å². The maximum Gasteiger partial charge on any atom is 0.137 e. The fourth-order valence-electron chi connectivity index (χ4n) is 7.04. The SMILES string of the molecule is COc1ccc([C@@]23CCCC(=O)[C@@H]2[C@H]2C(=O)CCC[C@@]23c2ccc(OC)cc2)cc1. The van der Waals surface area contributed by atoms with E-state index in [1.807, 2.05) is 24.3 Å². The van der Waals surface area contributed by atoms with E-state index in [-0.39, 0.29) is 34.2 Å². The Labute approximate surface area is 177 Å². The molecule has 156 valence electrons. The van der Waals surface area contributed by atoms with Crippen molar-refractivity contribution in [2.45, 2.75) is 49.4 Å². The number of ketones is 2. The molecule has 4 heteroatoms. The Morgan fingerprint density at radius 3 is 1.37 bits per heavy atom. The molecule has 3 aliphatic rings. The first-order valence-corrected chi connectivity index (χ1v) is 10.9. The first-order valence-electron chi connectivity index (χ1n) is 10.9. The lowest BCUT2D eigenvalue weighted by atomic mass is 9.29. The van der Waals surface area contributed by atoms with Crippen LogP contribution in [-0.4, -0.2) is 25.8 Å². The van der Waals surface area contributed by atoms with Gasteiger partial charge in [0.1, 0.15) is 23.1 Å². The van der Waals surface area contributed by atoms with Gasteiger partial charge < -0.3 is 9.47 Å². The topological polar surface area (TPSA) is 52.6 Å². The summed E-state index contributed by atoms with van der Waals surface area (Å²) in [6.45, 7) is 0. The van der Waals surface area contributed by atoms with Gasteiger partial charge in [0.05, 0.1) is 14.2 Å². The van der Waals surface area contributed by atoms with E-state index in [1.54, 1.807) is 14.2 Å². The van der Waals surface area contributed by atoms with Crippen LogP contribution in [0.5, 0.6) is 11.5 Å². The molecule has 0 aliphatic heterocycles. The molecule has 4 atom stereocenters. The monoisotopic (exact) mass is 404 g/mol. The molecule has 0 amide bonds. The normalized spacial score (nSPS) is 32.6. The smallest absolute Gasteiger partial charge is 0.137 e. The van der Waals surface area contributed by atoms with Crippen LogP contribution in [0.1, 0.15) is 49.7 Å². The van der Waals surface area contributed by atoms with Gasteiger partial charge in [-0.15, -0.1) is 0 Å². The van der Waals surface area contributed by atoms with Crippen LogP contribution >= 0.6 is 0 Å². The molecular formula is C26H28O4. The van der Waals surface area contributed by atoms with E-state index in [0.717, 1.165) is 37.2 Å². The summed E-state index contributed by atoms with van der Waals surface area (Å²) in [5, 5.41) is 0. The van der Waals surface area contributed by atoms with Gasteiger partial charge in [-0.1, -0.05) is 24.3 Å². The number of carbonyl (C=O) groups excluding carboxylic acids is 2. The minimum atomic E-state index is -0.329. The van der Waals surface area contributed by atoms with Crippen molar-refractivity contribution in [1.29, 1.82) is 0 Å². The van der Waals surface area contributed by atoms with Crippen molar-refractivity contribution in [1.82, 2.24) is 0 Å². The van der Waals surface area contributed by atoms with Gasteiger partial charge in [-0.05, 0) is 61.1 Å². The maximum absolute atomic E-state index is 13.2. The Morgan fingerprint density at radius 1 is 0.667 bits per heavy atom. The van der Waals surface area contributed by atoms with E-state index in [1.165, 1.54) is 11.1 Å². The molecule has 0 unspecified atom stereocenters. The minimum Gasteiger partial charge on any atom is -0.497 e. The summed E-state index contributed by atoms with van der Waals surface area (Å²) in [7, 11) is 3.33. The van der Waals surface area contributed by atoms with Crippen LogP contribution in [0, 0.1) is 11.8 Å². The van der Waals surface area contributed by atoms with E-state index in [0.29, 0.717) is 12.8 Å². The molecule has 3 saturated carbocycles. The third-order valence-electron chi connectivity index (χ3n) is 8.08. The highest BCUT2D eigenvalue weighted by molar-refractivity contribution is 5.97. The van der Waals surface area contributed by atoms with Gasteiger partial charge in [-0.25, -0.2) is 0 Å². The second kappa shape index (κ2) is 6.97. The zero-order chi connectivity index (χ0) is 20.9. The first-order chi connectivity index (χ1) is 14.6. The highest BCUT2D eigenvalue weighted by Crippen LogP contribution is 2.73. The van der Waals surface area contributed by atoms with Gasteiger partial charge >= 0.3 is 0 Å². The average Bonchev–Trinajstić information content (AvgIpc) is 2.77. The molecule has 5 rings (SSSR count). The van der Waals surface area contributed by atoms with Crippen LogP contribution in [0.2, 0.25) is 0 Å². The summed E-state index contributed by atoms with van der Waals surface area (Å²) in [6.07, 6.45) is 4.80. The number of carbonyl (C=O) groups is 2. The molecule has 3 aliphatic carbocycles. The molecule has 0 N–H and O–H groups in total. The molecule has 3 fully saturated rings. The number of methoxy groups -OCH3 is 2. The first kappa shape index (κ1) is 19.3. The quantitative estimate of drug-likeness (QED) is 0.745. The molecule has 0 aromatic heterocycles. The summed E-state index contributed by atoms with van der Waals surface area (Å²) in [5.41, 5.74) is 1.68. The van der Waals surface area contributed by atoms with Gasteiger partial charge in [0.15, 0.2) is 0 Å². The third kappa shape index (κ3) is 2.33. The average molecular weight is 405 g/mol. The van der Waals surface area contributed by atoms with E-state index in [2.05, 4.69) is 24.3 Å². The van der Waals surface area contributed by atoms with E-state index in [4.69, 9.17) is 9.47 Å². The Hall–Kier alpha value is -2.62. The number of hydrogen-bond acceptors (Lipinski definition) is 4. The lowest BCUT2D eigenvalue weighted by Gasteiger charge is -2.72. The van der Waals surface area contributed by atoms with E-state index in [9.17, 15) is 9.59 Å². The molecule has 0 spiro atoms. The lowest BCUT2D eigenvalue weighted by Crippen LogP contribution is -2.76. The molecule has 0 radical (unpaired) electrons. The Kier molecular flexibility index (Phi) is 4.49. The number of hydrogen-bond donors (Lipinski definition) is 0. The Bertz CT molecular complexity index is 896. The number of benzene rings is 2. The minimum absolute atomic E-state index is 0.213. The number of rotatable bonds is 4. The summed E-state index contributed by atoms with van der Waals surface area (Å²) >= 11 is 0. The zero-order valence-electron chi connectivity index (χ0n) is 17.6. The Balaban J connectivity index is 1.74. The lowest BCUT2D eigenvalue weighted by molar-refractivity contribution is -0.175. The number of ether oxygens (including phenoxy) is 2. The standard InChI is InChI=1S/C26H28O4/c1-29-19-11-7-17(8-12-19)25-15-3-5-21(27)23(25)24-22(28)6-4-16-26(24,25)18-9-13-20(30-2)14-10-18/h7-14,23-24H,3-6,15-16H2,1-2H3/t23-,24-,25-,26+/m1/s1. The predicted molar refractivity (Wildman–Crippen MR) is 114 cm³/mol. The van der Waals surface area contributed by atoms with Crippen molar-refractivity contribution in [2.24, 2.45) is 11.8 Å². The van der Waals surface area contributed by atoms with Gasteiger partial charge in [0.25, 0.3) is 0 Å². The van der Waals surface area contributed by atoms with Crippen molar-refractivity contribution in [3.05, 3.63) is 59.7 Å². The van der Waals surface area contributed by atoms with Crippen LogP contribution in [0.25, 0.3) is 0 Å². The molecule has 2 aromatic carbocycles. The van der Waals surface area contributed by atoms with Gasteiger partial charge in [0, 0.05) is 35.5 Å². The third-order valence-corrected chi connectivity index (χ3v) is 8.08. The van der Waals surface area contributed by atoms with Crippen LogP contribution in [0.4, 0.5) is 0 Å². The second-order valence-electron chi connectivity index (χ2n) is 8.99. The number of fused-ring (bicyclic) bond motifs is 4. The van der Waals surface area contributed by atoms with Crippen molar-refractivity contribution < 1.29 is 19.1 Å². The zero-order valence-corrected chi connectivity index (χ0v) is 17.6. The predicted octanol–water partition coefficient (Wildman–Crippen LogP) is 4.63. The maximum atomic E-state index is 13.2. The van der Waals surface area contributed by atoms with Crippen LogP contribution in [-0.2, 0) is 20.4 Å². The Morgan fingerprint density at radius 2 is 1.03 bits per heavy atom. The fourth-order valence-corrected chi connectivity index (χ4v) is 7.04. The van der Waals surface area contributed by atoms with Gasteiger partial charge in [0.2, 0.25) is 0 Å². The molecule has 0 heterocycles. The molecule has 30 heavy (non-hydrogen) atoms. The second-order valence-corrected chi connectivity index (χ2v) is 8.99. The van der Waals surface area contributed by atoms with Crippen molar-refractivity contribution in [3.63, 3.8) is 0 Å². The molecule has 0 saturated heterocycles. The summed E-state index contributed by atoms with van der Waals surface area (Å²) in [4.78, 5) is 26.5. The van der Waals surface area contributed by atoms with Gasteiger partial charge in [-0.3, -0.25) is 9.59 Å². The van der Waals surface area contributed by atoms with Gasteiger partial charge in [-0.2, -0.15) is 0 Å². The summed E-state index contributed by atoms with van der Waals surface area (Å²) in [5.74, 6) is 1.72. The van der Waals surface area contributed by atoms with E-state index >= 15 is 0 Å². The molecule has 0 bridgehead atoms. The molecule has 4 nitrogen and oxygen atoms in total. The fraction of sp³-hybridized carbons (Fsp3) is 0.462. The van der Waals surface area contributed by atoms with Crippen molar-refractivity contribution in [3.8, 4) is 11.5 Å². The molecule has 2 aromatic rings. The van der Waals surface area contributed by atoms with Crippen molar-refractivity contribution >= 4 is 11.6 Å². The summed E-state index contributed by atoms with van der Waals surface area (Å²) in [6, 6.07) is 16.4. The highest BCUT2D eigenvalue weighted by Gasteiger charge is 2.76. The van der Waals surface area contributed by atoms with Crippen LogP contribution in [0.15, 0.2) is 48.5 Å². The van der Waals surface area contributed by atoms with Crippen molar-refractivity contribution in [2.75, 3.05) is 14.2 Å². The van der Waals surface area contributed by atoms with E-state index < -0.39 is 0 Å². The highest BCUT2D eigenvalue weighted by atomic mass is 16.5. The molecular weight excluding hydrogens is 376 g/mol.